The first-order valence-electron chi connectivity index (χ1n) is 7.23. The number of carbonyl (C=O) groups is 2. The Morgan fingerprint density at radius 3 is 2.42 bits per heavy atom. The molecule has 1 aliphatic rings. The van der Waals surface area contributed by atoms with Gasteiger partial charge in [0.05, 0.1) is 5.41 Å². The van der Waals surface area contributed by atoms with Crippen molar-refractivity contribution in [3.05, 3.63) is 0 Å². The minimum absolute atomic E-state index is 0.00533. The summed E-state index contributed by atoms with van der Waals surface area (Å²) in [6.45, 7) is 9.23. The summed E-state index contributed by atoms with van der Waals surface area (Å²) < 4.78 is 0. The lowest BCUT2D eigenvalue weighted by atomic mass is 9.81. The van der Waals surface area contributed by atoms with Gasteiger partial charge in [-0.1, -0.05) is 13.3 Å². The van der Waals surface area contributed by atoms with Crippen LogP contribution in [0.4, 0.5) is 0 Å². The molecule has 110 valence electrons. The Kier molecular flexibility index (Phi) is 5.79. The molecule has 0 aliphatic carbocycles. The largest absolute Gasteiger partial charge is 0.352 e. The Balaban J connectivity index is 2.59. The van der Waals surface area contributed by atoms with Crippen LogP contribution in [0.5, 0.6) is 0 Å². The Labute approximate surface area is 115 Å². The van der Waals surface area contributed by atoms with Crippen LogP contribution in [-0.4, -0.2) is 37.0 Å². The van der Waals surface area contributed by atoms with Crippen molar-refractivity contribution < 1.29 is 9.59 Å². The predicted octanol–water partition coefficient (Wildman–Crippen LogP) is 0.796. The molecule has 0 saturated carbocycles. The number of rotatable bonds is 6. The molecule has 3 N–H and O–H groups in total. The van der Waals surface area contributed by atoms with Crippen molar-refractivity contribution >= 4 is 11.8 Å². The van der Waals surface area contributed by atoms with Gasteiger partial charge in [-0.25, -0.2) is 0 Å². The zero-order chi connectivity index (χ0) is 14.5. The highest BCUT2D eigenvalue weighted by molar-refractivity contribution is 5.90. The molecule has 1 fully saturated rings. The molecular weight excluding hydrogens is 242 g/mol. The molecule has 0 spiro atoms. The van der Waals surface area contributed by atoms with Gasteiger partial charge < -0.3 is 16.0 Å². The molecule has 19 heavy (non-hydrogen) atoms. The SMILES string of the molecule is CCCC1(C(=O)NC(C)C(=O)NC(C)C)CCNC1. The van der Waals surface area contributed by atoms with Crippen LogP contribution in [0.25, 0.3) is 0 Å². The average Bonchev–Trinajstić information content (AvgIpc) is 2.78. The number of nitrogens with one attached hydrogen (secondary N) is 3. The van der Waals surface area contributed by atoms with Crippen molar-refractivity contribution in [2.24, 2.45) is 5.41 Å². The molecular formula is C14H27N3O2. The summed E-state index contributed by atoms with van der Waals surface area (Å²) in [5.41, 5.74) is -0.332. The fourth-order valence-corrected chi connectivity index (χ4v) is 2.57. The van der Waals surface area contributed by atoms with E-state index in [-0.39, 0.29) is 23.3 Å². The summed E-state index contributed by atoms with van der Waals surface area (Å²) in [5, 5.41) is 8.93. The third kappa shape index (κ3) is 4.20. The number of amides is 2. The molecule has 0 aromatic heterocycles. The van der Waals surface area contributed by atoms with Crippen LogP contribution in [0.3, 0.4) is 0 Å². The first-order valence-corrected chi connectivity index (χ1v) is 7.23. The monoisotopic (exact) mass is 269 g/mol. The van der Waals surface area contributed by atoms with Gasteiger partial charge in [-0.15, -0.1) is 0 Å². The van der Waals surface area contributed by atoms with Crippen LogP contribution in [0.15, 0.2) is 0 Å². The molecule has 0 aromatic carbocycles. The maximum absolute atomic E-state index is 12.4. The van der Waals surface area contributed by atoms with E-state index in [0.717, 1.165) is 25.8 Å². The van der Waals surface area contributed by atoms with Crippen molar-refractivity contribution in [1.29, 1.82) is 0 Å². The Morgan fingerprint density at radius 1 is 1.26 bits per heavy atom. The van der Waals surface area contributed by atoms with Crippen molar-refractivity contribution in [3.63, 3.8) is 0 Å². The summed E-state index contributed by atoms with van der Waals surface area (Å²) in [6.07, 6.45) is 2.69. The molecule has 0 radical (unpaired) electrons. The third-order valence-corrected chi connectivity index (χ3v) is 3.63. The van der Waals surface area contributed by atoms with Crippen molar-refractivity contribution in [1.82, 2.24) is 16.0 Å². The van der Waals surface area contributed by atoms with Crippen LogP contribution in [0.1, 0.15) is 47.0 Å². The second-order valence-corrected chi connectivity index (χ2v) is 5.82. The topological polar surface area (TPSA) is 70.2 Å². The van der Waals surface area contributed by atoms with Gasteiger partial charge >= 0.3 is 0 Å². The molecule has 0 bridgehead atoms. The lowest BCUT2D eigenvalue weighted by molar-refractivity contribution is -0.134. The first kappa shape index (κ1) is 16.0. The molecule has 5 nitrogen and oxygen atoms in total. The van der Waals surface area contributed by atoms with E-state index >= 15 is 0 Å². The molecule has 2 amide bonds. The molecule has 1 heterocycles. The minimum Gasteiger partial charge on any atom is -0.352 e. The van der Waals surface area contributed by atoms with E-state index < -0.39 is 6.04 Å². The predicted molar refractivity (Wildman–Crippen MR) is 75.7 cm³/mol. The molecule has 1 aliphatic heterocycles. The van der Waals surface area contributed by atoms with Crippen LogP contribution < -0.4 is 16.0 Å². The summed E-state index contributed by atoms with van der Waals surface area (Å²) in [5.74, 6) is -0.119. The quantitative estimate of drug-likeness (QED) is 0.668. The zero-order valence-electron chi connectivity index (χ0n) is 12.5. The maximum atomic E-state index is 12.4. The standard InChI is InChI=1S/C14H27N3O2/c1-5-6-14(7-8-15-9-14)13(19)17-11(4)12(18)16-10(2)3/h10-11,15H,5-9H2,1-4H3,(H,16,18)(H,17,19). The molecule has 1 rings (SSSR count). The van der Waals surface area contributed by atoms with Gasteiger partial charge in [-0.2, -0.15) is 0 Å². The van der Waals surface area contributed by atoms with E-state index in [2.05, 4.69) is 22.9 Å². The lowest BCUT2D eigenvalue weighted by Crippen LogP contribution is -2.52. The van der Waals surface area contributed by atoms with Crippen LogP contribution in [0.2, 0.25) is 0 Å². The minimum atomic E-state index is -0.482. The Morgan fingerprint density at radius 2 is 1.95 bits per heavy atom. The summed E-state index contributed by atoms with van der Waals surface area (Å²) in [6, 6.07) is -0.395. The van der Waals surface area contributed by atoms with Gasteiger partial charge in [0.2, 0.25) is 11.8 Å². The van der Waals surface area contributed by atoms with Crippen molar-refractivity contribution in [2.45, 2.75) is 59.0 Å². The molecule has 1 saturated heterocycles. The van der Waals surface area contributed by atoms with Gasteiger partial charge in [0.1, 0.15) is 6.04 Å². The van der Waals surface area contributed by atoms with Crippen LogP contribution in [-0.2, 0) is 9.59 Å². The smallest absolute Gasteiger partial charge is 0.242 e. The molecule has 0 aromatic rings. The van der Waals surface area contributed by atoms with Gasteiger partial charge in [0.25, 0.3) is 0 Å². The summed E-state index contributed by atoms with van der Waals surface area (Å²) in [7, 11) is 0. The zero-order valence-corrected chi connectivity index (χ0v) is 12.5. The maximum Gasteiger partial charge on any atom is 0.242 e. The van der Waals surface area contributed by atoms with E-state index in [4.69, 9.17) is 0 Å². The normalized spacial score (nSPS) is 24.3. The highest BCUT2D eigenvalue weighted by Crippen LogP contribution is 2.31. The van der Waals surface area contributed by atoms with E-state index in [1.807, 2.05) is 13.8 Å². The fourth-order valence-electron chi connectivity index (χ4n) is 2.57. The van der Waals surface area contributed by atoms with Gasteiger partial charge in [-0.05, 0) is 40.2 Å². The average molecular weight is 269 g/mol. The first-order chi connectivity index (χ1) is 8.91. The third-order valence-electron chi connectivity index (χ3n) is 3.63. The number of carbonyl (C=O) groups excluding carboxylic acids is 2. The lowest BCUT2D eigenvalue weighted by Gasteiger charge is -2.28. The highest BCUT2D eigenvalue weighted by atomic mass is 16.2. The van der Waals surface area contributed by atoms with E-state index in [1.54, 1.807) is 6.92 Å². The van der Waals surface area contributed by atoms with E-state index in [1.165, 1.54) is 0 Å². The van der Waals surface area contributed by atoms with Gasteiger partial charge in [0, 0.05) is 12.6 Å². The van der Waals surface area contributed by atoms with Crippen LogP contribution in [0, 0.1) is 5.41 Å². The second-order valence-electron chi connectivity index (χ2n) is 5.82. The molecule has 2 atom stereocenters. The van der Waals surface area contributed by atoms with Gasteiger partial charge in [0.15, 0.2) is 0 Å². The van der Waals surface area contributed by atoms with Crippen molar-refractivity contribution in [2.75, 3.05) is 13.1 Å². The highest BCUT2D eigenvalue weighted by Gasteiger charge is 2.41. The van der Waals surface area contributed by atoms with E-state index in [0.29, 0.717) is 6.54 Å². The number of hydrogen-bond donors (Lipinski definition) is 3. The number of hydrogen-bond acceptors (Lipinski definition) is 3. The molecule has 5 heteroatoms. The Bertz CT molecular complexity index is 323. The van der Waals surface area contributed by atoms with Gasteiger partial charge in [-0.3, -0.25) is 9.59 Å². The Hall–Kier alpha value is -1.10. The second kappa shape index (κ2) is 6.89. The van der Waals surface area contributed by atoms with Crippen molar-refractivity contribution in [3.8, 4) is 0 Å². The van der Waals surface area contributed by atoms with E-state index in [9.17, 15) is 9.59 Å². The fraction of sp³-hybridized carbons (Fsp3) is 0.857. The summed E-state index contributed by atoms with van der Waals surface area (Å²) in [4.78, 5) is 24.3. The van der Waals surface area contributed by atoms with Crippen LogP contribution >= 0.6 is 0 Å². The molecule has 2 unspecified atom stereocenters. The summed E-state index contributed by atoms with van der Waals surface area (Å²) >= 11 is 0.